The number of thiazole rings is 1. The maximum absolute atomic E-state index is 12.7. The number of benzene rings is 2. The van der Waals surface area contributed by atoms with Crippen molar-refractivity contribution in [2.75, 3.05) is 0 Å². The highest BCUT2D eigenvalue weighted by atomic mass is 32.1. The first-order chi connectivity index (χ1) is 14.8. The SMILES string of the molecule is O=C(/C=C/c1cn(-c2ccccc2)nc1-c1ccncc1)c1nc2ccccc2s1. The molecule has 144 valence electrons. The molecule has 0 saturated carbocycles. The molecule has 5 aromatic rings. The zero-order valence-electron chi connectivity index (χ0n) is 15.8. The van der Waals surface area contributed by atoms with Crippen molar-refractivity contribution >= 4 is 33.4 Å². The second-order valence-corrected chi connectivity index (χ2v) is 7.66. The van der Waals surface area contributed by atoms with Gasteiger partial charge >= 0.3 is 0 Å². The van der Waals surface area contributed by atoms with Crippen molar-refractivity contribution in [2.45, 2.75) is 0 Å². The number of aromatic nitrogens is 4. The lowest BCUT2D eigenvalue weighted by Gasteiger charge is -2.00. The van der Waals surface area contributed by atoms with Crippen molar-refractivity contribution < 1.29 is 4.79 Å². The summed E-state index contributed by atoms with van der Waals surface area (Å²) < 4.78 is 2.82. The number of carbonyl (C=O) groups excluding carboxylic acids is 1. The van der Waals surface area contributed by atoms with E-state index >= 15 is 0 Å². The number of carbonyl (C=O) groups is 1. The molecule has 0 atom stereocenters. The Morgan fingerprint density at radius 1 is 0.933 bits per heavy atom. The number of rotatable bonds is 5. The van der Waals surface area contributed by atoms with Gasteiger partial charge in [-0.2, -0.15) is 5.10 Å². The number of ketones is 1. The summed E-state index contributed by atoms with van der Waals surface area (Å²) in [4.78, 5) is 21.3. The Bertz CT molecular complexity index is 1320. The smallest absolute Gasteiger partial charge is 0.214 e. The summed E-state index contributed by atoms with van der Waals surface area (Å²) in [5.74, 6) is -0.121. The van der Waals surface area contributed by atoms with Crippen molar-refractivity contribution in [3.05, 3.63) is 102 Å². The van der Waals surface area contributed by atoms with Crippen LogP contribution in [-0.2, 0) is 0 Å². The molecule has 6 heteroatoms. The van der Waals surface area contributed by atoms with Gasteiger partial charge in [-0.1, -0.05) is 30.3 Å². The Kier molecular flexibility index (Phi) is 4.75. The average Bonchev–Trinajstić information content (AvgIpc) is 3.43. The molecule has 0 spiro atoms. The highest BCUT2D eigenvalue weighted by Crippen LogP contribution is 2.26. The van der Waals surface area contributed by atoms with Crippen LogP contribution in [0.3, 0.4) is 0 Å². The van der Waals surface area contributed by atoms with E-state index in [-0.39, 0.29) is 5.78 Å². The minimum absolute atomic E-state index is 0.121. The Labute approximate surface area is 177 Å². The average molecular weight is 408 g/mol. The summed E-state index contributed by atoms with van der Waals surface area (Å²) in [6.07, 6.45) is 8.76. The number of allylic oxidation sites excluding steroid dienone is 1. The normalized spacial score (nSPS) is 11.3. The van der Waals surface area contributed by atoms with Gasteiger partial charge < -0.3 is 0 Å². The molecule has 3 aromatic heterocycles. The molecule has 0 bridgehead atoms. The van der Waals surface area contributed by atoms with E-state index in [0.29, 0.717) is 5.01 Å². The molecule has 5 nitrogen and oxygen atoms in total. The number of para-hydroxylation sites is 2. The van der Waals surface area contributed by atoms with Crippen LogP contribution >= 0.6 is 11.3 Å². The van der Waals surface area contributed by atoms with Crippen LogP contribution in [0.2, 0.25) is 0 Å². The topological polar surface area (TPSA) is 60.7 Å². The zero-order valence-corrected chi connectivity index (χ0v) is 16.7. The molecule has 0 fully saturated rings. The molecule has 30 heavy (non-hydrogen) atoms. The van der Waals surface area contributed by atoms with Crippen LogP contribution in [0, 0.1) is 0 Å². The van der Waals surface area contributed by atoms with Crippen molar-refractivity contribution in [3.63, 3.8) is 0 Å². The molecule has 0 aliphatic heterocycles. The molecule has 5 rings (SSSR count). The highest BCUT2D eigenvalue weighted by Gasteiger charge is 2.13. The molecule has 0 amide bonds. The Balaban J connectivity index is 1.52. The fourth-order valence-corrected chi connectivity index (χ4v) is 4.06. The fourth-order valence-electron chi connectivity index (χ4n) is 3.17. The molecule has 0 unspecified atom stereocenters. The maximum atomic E-state index is 12.7. The monoisotopic (exact) mass is 408 g/mol. The van der Waals surface area contributed by atoms with Gasteiger partial charge in [0.2, 0.25) is 5.78 Å². The van der Waals surface area contributed by atoms with E-state index in [1.54, 1.807) is 24.5 Å². The number of nitrogens with zero attached hydrogens (tertiary/aromatic N) is 4. The van der Waals surface area contributed by atoms with Crippen molar-refractivity contribution in [1.29, 1.82) is 0 Å². The number of hydrogen-bond acceptors (Lipinski definition) is 5. The van der Waals surface area contributed by atoms with Gasteiger partial charge in [0.25, 0.3) is 0 Å². The van der Waals surface area contributed by atoms with E-state index in [0.717, 1.165) is 32.7 Å². The quantitative estimate of drug-likeness (QED) is 0.287. The molecule has 2 aromatic carbocycles. The molecule has 0 saturated heterocycles. The van der Waals surface area contributed by atoms with E-state index in [2.05, 4.69) is 9.97 Å². The third-order valence-electron chi connectivity index (χ3n) is 4.64. The molecule has 0 aliphatic carbocycles. The fraction of sp³-hybridized carbons (Fsp3) is 0. The van der Waals surface area contributed by atoms with Gasteiger partial charge in [-0.25, -0.2) is 9.67 Å². The standard InChI is InChI=1S/C24H16N4OS/c29-21(24-26-20-8-4-5-9-22(20)30-24)11-10-18-16-28(19-6-2-1-3-7-19)27-23(18)17-12-14-25-15-13-17/h1-16H/b11-10+. The molecular formula is C24H16N4OS. The Morgan fingerprint density at radius 3 is 2.50 bits per heavy atom. The highest BCUT2D eigenvalue weighted by molar-refractivity contribution is 7.20. The second kappa shape index (κ2) is 7.85. The lowest BCUT2D eigenvalue weighted by atomic mass is 10.1. The van der Waals surface area contributed by atoms with E-state index in [4.69, 9.17) is 5.10 Å². The summed E-state index contributed by atoms with van der Waals surface area (Å²) in [6.45, 7) is 0. The van der Waals surface area contributed by atoms with Crippen LogP contribution in [0.1, 0.15) is 15.4 Å². The summed E-state index contributed by atoms with van der Waals surface area (Å²) >= 11 is 1.40. The lowest BCUT2D eigenvalue weighted by Crippen LogP contribution is -1.93. The summed E-state index contributed by atoms with van der Waals surface area (Å²) in [5.41, 5.74) is 4.36. The van der Waals surface area contributed by atoms with Gasteiger partial charge in [0.1, 0.15) is 5.69 Å². The largest absolute Gasteiger partial charge is 0.287 e. The molecule has 3 heterocycles. The van der Waals surface area contributed by atoms with Crippen molar-refractivity contribution in [3.8, 4) is 16.9 Å². The molecular weight excluding hydrogens is 392 g/mol. The summed E-state index contributed by atoms with van der Waals surface area (Å²) in [7, 11) is 0. The Hall–Kier alpha value is -3.90. The predicted molar refractivity (Wildman–Crippen MR) is 120 cm³/mol. The summed E-state index contributed by atoms with van der Waals surface area (Å²) in [5, 5.41) is 5.23. The minimum atomic E-state index is -0.121. The van der Waals surface area contributed by atoms with E-state index < -0.39 is 0 Å². The van der Waals surface area contributed by atoms with E-state index in [9.17, 15) is 4.79 Å². The predicted octanol–water partition coefficient (Wildman–Crippen LogP) is 5.44. The summed E-state index contributed by atoms with van der Waals surface area (Å²) in [6, 6.07) is 21.4. The van der Waals surface area contributed by atoms with Gasteiger partial charge in [-0.05, 0) is 48.6 Å². The van der Waals surface area contributed by atoms with Crippen LogP contribution in [0.25, 0.3) is 33.2 Å². The first-order valence-corrected chi connectivity index (χ1v) is 10.2. The third-order valence-corrected chi connectivity index (χ3v) is 5.69. The number of hydrogen-bond donors (Lipinski definition) is 0. The van der Waals surface area contributed by atoms with Crippen molar-refractivity contribution in [2.24, 2.45) is 0 Å². The molecule has 0 radical (unpaired) electrons. The Morgan fingerprint density at radius 2 is 1.70 bits per heavy atom. The van der Waals surface area contributed by atoms with Crippen LogP contribution in [-0.4, -0.2) is 25.5 Å². The third kappa shape index (κ3) is 3.56. The first-order valence-electron chi connectivity index (χ1n) is 9.41. The van der Waals surface area contributed by atoms with Crippen LogP contribution in [0.15, 0.2) is 91.4 Å². The van der Waals surface area contributed by atoms with Gasteiger partial charge in [0, 0.05) is 29.7 Å². The maximum Gasteiger partial charge on any atom is 0.214 e. The van der Waals surface area contributed by atoms with E-state index in [1.165, 1.54) is 11.3 Å². The number of pyridine rings is 1. The van der Waals surface area contributed by atoms with Gasteiger partial charge in [-0.3, -0.25) is 9.78 Å². The zero-order chi connectivity index (χ0) is 20.3. The minimum Gasteiger partial charge on any atom is -0.287 e. The van der Waals surface area contributed by atoms with Crippen LogP contribution < -0.4 is 0 Å². The number of fused-ring (bicyclic) bond motifs is 1. The van der Waals surface area contributed by atoms with Crippen LogP contribution in [0.4, 0.5) is 0 Å². The molecule has 0 N–H and O–H groups in total. The molecule has 0 aliphatic rings. The van der Waals surface area contributed by atoms with Gasteiger partial charge in [0.05, 0.1) is 15.9 Å². The first kappa shape index (κ1) is 18.1. The second-order valence-electron chi connectivity index (χ2n) is 6.63. The van der Waals surface area contributed by atoms with Gasteiger partial charge in [-0.15, -0.1) is 11.3 Å². The van der Waals surface area contributed by atoms with Crippen molar-refractivity contribution in [1.82, 2.24) is 19.7 Å². The van der Waals surface area contributed by atoms with E-state index in [1.807, 2.05) is 77.6 Å². The van der Waals surface area contributed by atoms with Gasteiger partial charge in [0.15, 0.2) is 5.01 Å². The lowest BCUT2D eigenvalue weighted by molar-refractivity contribution is 0.104. The van der Waals surface area contributed by atoms with Crippen LogP contribution in [0.5, 0.6) is 0 Å².